The van der Waals surface area contributed by atoms with Crippen LogP contribution in [0.15, 0.2) is 38.7 Å². The summed E-state index contributed by atoms with van der Waals surface area (Å²) in [6.45, 7) is 2.07. The second-order valence-corrected chi connectivity index (χ2v) is 6.42. The van der Waals surface area contributed by atoms with E-state index in [1.807, 2.05) is 18.2 Å². The van der Waals surface area contributed by atoms with E-state index >= 15 is 0 Å². The molecule has 1 N–H and O–H groups in total. The van der Waals surface area contributed by atoms with Crippen molar-refractivity contribution in [3.63, 3.8) is 0 Å². The Morgan fingerprint density at radius 3 is 2.90 bits per heavy atom. The van der Waals surface area contributed by atoms with E-state index in [1.54, 1.807) is 13.2 Å². The molecule has 1 aromatic carbocycles. The number of ether oxygens (including phenoxy) is 1. The van der Waals surface area contributed by atoms with Crippen LogP contribution in [0, 0.1) is 0 Å². The van der Waals surface area contributed by atoms with Gasteiger partial charge in [-0.15, -0.1) is 0 Å². The molecule has 2 aromatic rings. The van der Waals surface area contributed by atoms with Crippen LogP contribution in [0.3, 0.4) is 0 Å². The number of methoxy groups -OCH3 is 1. The largest absolute Gasteiger partial charge is 0.496 e. The summed E-state index contributed by atoms with van der Waals surface area (Å²) in [5, 5.41) is 0.646. The second kappa shape index (κ2) is 7.66. The molecule has 0 amide bonds. The number of aromatic amines is 1. The Hall–Kier alpha value is -1.27. The maximum absolute atomic E-state index is 11.6. The Kier molecular flexibility index (Phi) is 5.87. The van der Waals surface area contributed by atoms with Crippen molar-refractivity contribution in [2.24, 2.45) is 0 Å². The van der Waals surface area contributed by atoms with E-state index < -0.39 is 0 Å². The molecule has 0 fully saturated rings. The maximum Gasteiger partial charge on any atom is 0.251 e. The molecule has 0 bridgehead atoms. The topological polar surface area (TPSA) is 55.0 Å². The number of hydrogen-bond donors (Lipinski definition) is 1. The summed E-state index contributed by atoms with van der Waals surface area (Å²) in [6, 6.07) is 7.44. The van der Waals surface area contributed by atoms with E-state index in [-0.39, 0.29) is 5.56 Å². The van der Waals surface area contributed by atoms with Gasteiger partial charge in [0.15, 0.2) is 5.16 Å². The summed E-state index contributed by atoms with van der Waals surface area (Å²) in [5.74, 6) is 1.51. The lowest BCUT2D eigenvalue weighted by Crippen LogP contribution is -2.10. The minimum atomic E-state index is -0.0999. The average Bonchev–Trinajstić information content (AvgIpc) is 2.45. The molecule has 1 aromatic heterocycles. The van der Waals surface area contributed by atoms with Crippen molar-refractivity contribution in [1.29, 1.82) is 0 Å². The summed E-state index contributed by atoms with van der Waals surface area (Å²) in [5.41, 5.74) is 1.79. The molecule has 0 aliphatic carbocycles. The standard InChI is InChI=1S/C15H17BrN2O2S/c1-3-4-12-8-14(19)18-15(17-12)21-9-10-7-11(16)5-6-13(10)20-2/h5-8H,3-4,9H2,1-2H3,(H,17,18,19). The summed E-state index contributed by atoms with van der Waals surface area (Å²) < 4.78 is 6.35. The number of H-pyrrole nitrogens is 1. The van der Waals surface area contributed by atoms with Crippen molar-refractivity contribution in [1.82, 2.24) is 9.97 Å². The fourth-order valence-electron chi connectivity index (χ4n) is 1.94. The molecule has 0 saturated carbocycles. The first kappa shape index (κ1) is 16.1. The zero-order valence-electron chi connectivity index (χ0n) is 12.0. The molecular formula is C15H17BrN2O2S. The molecule has 0 spiro atoms. The average molecular weight is 369 g/mol. The van der Waals surface area contributed by atoms with Gasteiger partial charge in [0.25, 0.3) is 5.56 Å². The van der Waals surface area contributed by atoms with Crippen LogP contribution in [-0.2, 0) is 12.2 Å². The van der Waals surface area contributed by atoms with Gasteiger partial charge in [-0.3, -0.25) is 4.79 Å². The highest BCUT2D eigenvalue weighted by Crippen LogP contribution is 2.28. The number of thioether (sulfide) groups is 1. The van der Waals surface area contributed by atoms with Crippen molar-refractivity contribution < 1.29 is 4.74 Å². The Balaban J connectivity index is 2.16. The smallest absolute Gasteiger partial charge is 0.251 e. The number of rotatable bonds is 6. The molecule has 2 rings (SSSR count). The number of nitrogens with one attached hydrogen (secondary N) is 1. The van der Waals surface area contributed by atoms with Crippen molar-refractivity contribution >= 4 is 27.7 Å². The van der Waals surface area contributed by atoms with Gasteiger partial charge in [0, 0.05) is 27.5 Å². The molecular weight excluding hydrogens is 352 g/mol. The lowest BCUT2D eigenvalue weighted by Gasteiger charge is -2.09. The molecule has 0 radical (unpaired) electrons. The lowest BCUT2D eigenvalue weighted by atomic mass is 10.2. The van der Waals surface area contributed by atoms with Gasteiger partial charge in [-0.05, 0) is 24.6 Å². The van der Waals surface area contributed by atoms with Crippen molar-refractivity contribution in [3.8, 4) is 5.75 Å². The Labute approximate surface area is 136 Å². The van der Waals surface area contributed by atoms with Gasteiger partial charge in [0.05, 0.1) is 7.11 Å². The number of benzene rings is 1. The fraction of sp³-hybridized carbons (Fsp3) is 0.333. The number of nitrogens with zero attached hydrogens (tertiary/aromatic N) is 1. The summed E-state index contributed by atoms with van der Waals surface area (Å²) in [4.78, 5) is 18.9. The predicted molar refractivity (Wildman–Crippen MR) is 89.1 cm³/mol. The van der Waals surface area contributed by atoms with Gasteiger partial charge in [-0.1, -0.05) is 41.0 Å². The van der Waals surface area contributed by atoms with Crippen LogP contribution in [0.1, 0.15) is 24.6 Å². The minimum Gasteiger partial charge on any atom is -0.496 e. The number of hydrogen-bond acceptors (Lipinski definition) is 4. The first-order chi connectivity index (χ1) is 10.1. The zero-order valence-corrected chi connectivity index (χ0v) is 14.4. The highest BCUT2D eigenvalue weighted by atomic mass is 79.9. The maximum atomic E-state index is 11.6. The lowest BCUT2D eigenvalue weighted by molar-refractivity contribution is 0.411. The summed E-state index contributed by atoms with van der Waals surface area (Å²) >= 11 is 4.96. The quantitative estimate of drug-likeness (QED) is 0.622. The normalized spacial score (nSPS) is 10.6. The van der Waals surface area contributed by atoms with E-state index in [9.17, 15) is 4.79 Å². The molecule has 0 aliphatic heterocycles. The molecule has 112 valence electrons. The van der Waals surface area contributed by atoms with Crippen molar-refractivity contribution in [2.45, 2.75) is 30.7 Å². The van der Waals surface area contributed by atoms with E-state index in [0.29, 0.717) is 10.9 Å². The first-order valence-electron chi connectivity index (χ1n) is 6.68. The SMILES string of the molecule is CCCc1cc(=O)[nH]c(SCc2cc(Br)ccc2OC)n1. The van der Waals surface area contributed by atoms with Gasteiger partial charge in [-0.2, -0.15) is 0 Å². The Morgan fingerprint density at radius 2 is 2.19 bits per heavy atom. The van der Waals surface area contributed by atoms with Crippen LogP contribution in [0.25, 0.3) is 0 Å². The van der Waals surface area contributed by atoms with Gasteiger partial charge in [-0.25, -0.2) is 4.98 Å². The number of halogens is 1. The molecule has 0 unspecified atom stereocenters. The van der Waals surface area contributed by atoms with E-state index in [0.717, 1.165) is 34.3 Å². The van der Waals surface area contributed by atoms with Gasteiger partial charge >= 0.3 is 0 Å². The number of aryl methyl sites for hydroxylation is 1. The van der Waals surface area contributed by atoms with Crippen LogP contribution >= 0.6 is 27.7 Å². The Bertz CT molecular complexity index is 673. The monoisotopic (exact) mass is 368 g/mol. The van der Waals surface area contributed by atoms with Crippen LogP contribution in [-0.4, -0.2) is 17.1 Å². The van der Waals surface area contributed by atoms with Crippen molar-refractivity contribution in [3.05, 3.63) is 50.3 Å². The zero-order chi connectivity index (χ0) is 15.2. The minimum absolute atomic E-state index is 0.0999. The number of aromatic nitrogens is 2. The second-order valence-electron chi connectivity index (χ2n) is 4.54. The van der Waals surface area contributed by atoms with Gasteiger partial charge in [0.1, 0.15) is 5.75 Å². The first-order valence-corrected chi connectivity index (χ1v) is 8.45. The van der Waals surface area contributed by atoms with Crippen LogP contribution < -0.4 is 10.3 Å². The molecule has 0 atom stereocenters. The van der Waals surface area contributed by atoms with Crippen LogP contribution in [0.5, 0.6) is 5.75 Å². The molecule has 4 nitrogen and oxygen atoms in total. The molecule has 6 heteroatoms. The molecule has 0 aliphatic rings. The van der Waals surface area contributed by atoms with E-state index in [1.165, 1.54) is 11.8 Å². The predicted octanol–water partition coefficient (Wildman–Crippen LogP) is 3.79. The van der Waals surface area contributed by atoms with E-state index in [4.69, 9.17) is 4.74 Å². The van der Waals surface area contributed by atoms with Crippen LogP contribution in [0.2, 0.25) is 0 Å². The van der Waals surface area contributed by atoms with Gasteiger partial charge in [0.2, 0.25) is 0 Å². The molecule has 1 heterocycles. The van der Waals surface area contributed by atoms with Crippen molar-refractivity contribution in [2.75, 3.05) is 7.11 Å². The third-order valence-corrected chi connectivity index (χ3v) is 4.30. The third-order valence-electron chi connectivity index (χ3n) is 2.89. The fourth-order valence-corrected chi connectivity index (χ4v) is 3.22. The summed E-state index contributed by atoms with van der Waals surface area (Å²) in [6.07, 6.45) is 1.79. The highest BCUT2D eigenvalue weighted by molar-refractivity contribution is 9.10. The summed E-state index contributed by atoms with van der Waals surface area (Å²) in [7, 11) is 1.65. The third kappa shape index (κ3) is 4.61. The van der Waals surface area contributed by atoms with Gasteiger partial charge < -0.3 is 9.72 Å². The molecule has 21 heavy (non-hydrogen) atoms. The Morgan fingerprint density at radius 1 is 1.38 bits per heavy atom. The van der Waals surface area contributed by atoms with E-state index in [2.05, 4.69) is 32.8 Å². The van der Waals surface area contributed by atoms with Crippen LogP contribution in [0.4, 0.5) is 0 Å². The highest BCUT2D eigenvalue weighted by Gasteiger charge is 2.07. The molecule has 0 saturated heterocycles.